The van der Waals surface area contributed by atoms with Crippen LogP contribution < -0.4 is 0 Å². The molecule has 1 heterocycles. The van der Waals surface area contributed by atoms with Crippen LogP contribution in [0.3, 0.4) is 0 Å². The minimum absolute atomic E-state index is 0.302. The van der Waals surface area contributed by atoms with E-state index in [0.29, 0.717) is 13.0 Å². The second kappa shape index (κ2) is 4.47. The fourth-order valence-corrected chi connectivity index (χ4v) is 2.06. The number of aryl methyl sites for hydroxylation is 1. The van der Waals surface area contributed by atoms with Gasteiger partial charge in [-0.2, -0.15) is 0 Å². The van der Waals surface area contributed by atoms with E-state index in [1.165, 1.54) is 0 Å². The zero-order valence-corrected chi connectivity index (χ0v) is 10.5. The third-order valence-electron chi connectivity index (χ3n) is 2.87. The monoisotopic (exact) mass is 234 g/mol. The van der Waals surface area contributed by atoms with E-state index in [0.717, 1.165) is 16.9 Å². The van der Waals surface area contributed by atoms with E-state index >= 15 is 0 Å². The molecule has 4 nitrogen and oxygen atoms in total. The first-order chi connectivity index (χ1) is 8.03. The summed E-state index contributed by atoms with van der Waals surface area (Å²) in [4.78, 5) is 4.53. The van der Waals surface area contributed by atoms with Gasteiger partial charge in [-0.05, 0) is 19.1 Å². The minimum atomic E-state index is -0.885. The van der Waals surface area contributed by atoms with Crippen LogP contribution in [0.25, 0.3) is 11.0 Å². The van der Waals surface area contributed by atoms with Gasteiger partial charge in [-0.3, -0.25) is 0 Å². The molecule has 1 aromatic heterocycles. The molecule has 0 bridgehead atoms. The van der Waals surface area contributed by atoms with Gasteiger partial charge < -0.3 is 14.4 Å². The lowest BCUT2D eigenvalue weighted by atomic mass is 10.0. The summed E-state index contributed by atoms with van der Waals surface area (Å²) in [7, 11) is 3.55. The Morgan fingerprint density at radius 1 is 1.41 bits per heavy atom. The van der Waals surface area contributed by atoms with Crippen molar-refractivity contribution < 1.29 is 9.84 Å². The second-order valence-corrected chi connectivity index (χ2v) is 4.68. The Morgan fingerprint density at radius 2 is 2.12 bits per heavy atom. The molecule has 2 rings (SSSR count). The largest absolute Gasteiger partial charge is 0.387 e. The summed E-state index contributed by atoms with van der Waals surface area (Å²) in [5.74, 6) is 0.869. The molecule has 0 saturated heterocycles. The molecule has 0 fully saturated rings. The number of hydrogen-bond acceptors (Lipinski definition) is 3. The zero-order valence-electron chi connectivity index (χ0n) is 10.5. The summed E-state index contributed by atoms with van der Waals surface area (Å²) >= 11 is 0. The quantitative estimate of drug-likeness (QED) is 0.872. The molecule has 17 heavy (non-hydrogen) atoms. The van der Waals surface area contributed by atoms with Gasteiger partial charge in [0.2, 0.25) is 0 Å². The molecular weight excluding hydrogens is 216 g/mol. The number of rotatable bonds is 4. The van der Waals surface area contributed by atoms with Gasteiger partial charge in [0.05, 0.1) is 23.2 Å². The van der Waals surface area contributed by atoms with E-state index in [1.807, 2.05) is 35.9 Å². The highest BCUT2D eigenvalue weighted by Gasteiger charge is 2.23. The molecule has 0 spiro atoms. The normalized spacial score (nSPS) is 15.1. The number of hydrogen-bond donors (Lipinski definition) is 1. The van der Waals surface area contributed by atoms with Gasteiger partial charge in [0.15, 0.2) is 0 Å². The van der Waals surface area contributed by atoms with Crippen LogP contribution in [-0.4, -0.2) is 34.0 Å². The van der Waals surface area contributed by atoms with Crippen molar-refractivity contribution in [2.75, 3.05) is 13.7 Å². The number of aromatic nitrogens is 2. The van der Waals surface area contributed by atoms with Gasteiger partial charge in [-0.15, -0.1) is 0 Å². The summed E-state index contributed by atoms with van der Waals surface area (Å²) in [5, 5.41) is 10.1. The Bertz CT molecular complexity index is 517. The molecule has 1 aromatic carbocycles. The van der Waals surface area contributed by atoms with Gasteiger partial charge in [0.1, 0.15) is 5.82 Å². The predicted molar refractivity (Wildman–Crippen MR) is 66.9 cm³/mol. The third-order valence-corrected chi connectivity index (χ3v) is 2.87. The molecule has 4 heteroatoms. The third kappa shape index (κ3) is 2.48. The fraction of sp³-hybridized carbons (Fsp3) is 0.462. The van der Waals surface area contributed by atoms with Gasteiger partial charge in [0, 0.05) is 20.6 Å². The first-order valence-corrected chi connectivity index (χ1v) is 5.65. The Hall–Kier alpha value is -1.39. The number of fused-ring (bicyclic) bond motifs is 1. The summed E-state index contributed by atoms with van der Waals surface area (Å²) in [5.41, 5.74) is 1.15. The summed E-state index contributed by atoms with van der Waals surface area (Å²) in [6, 6.07) is 7.95. The average molecular weight is 234 g/mol. The number of para-hydroxylation sites is 2. The van der Waals surface area contributed by atoms with Gasteiger partial charge in [-0.25, -0.2) is 4.98 Å². The SMILES string of the molecule is COCC(C)(O)Cc1nc2ccccc2n1C. The zero-order chi connectivity index (χ0) is 12.5. The van der Waals surface area contributed by atoms with Crippen LogP contribution in [0.5, 0.6) is 0 Å². The van der Waals surface area contributed by atoms with Crippen molar-refractivity contribution >= 4 is 11.0 Å². The smallest absolute Gasteiger partial charge is 0.112 e. The predicted octanol–water partition coefficient (Wildman–Crippen LogP) is 1.51. The first kappa shape index (κ1) is 12.1. The summed E-state index contributed by atoms with van der Waals surface area (Å²) < 4.78 is 7.02. The highest BCUT2D eigenvalue weighted by atomic mass is 16.5. The van der Waals surface area contributed by atoms with Crippen molar-refractivity contribution in [1.82, 2.24) is 9.55 Å². The average Bonchev–Trinajstić information content (AvgIpc) is 2.56. The fourth-order valence-electron chi connectivity index (χ4n) is 2.06. The van der Waals surface area contributed by atoms with Crippen LogP contribution >= 0.6 is 0 Å². The number of nitrogens with zero attached hydrogens (tertiary/aromatic N) is 2. The molecule has 0 aliphatic rings. The van der Waals surface area contributed by atoms with Crippen molar-refractivity contribution in [2.24, 2.45) is 7.05 Å². The van der Waals surface area contributed by atoms with Gasteiger partial charge in [-0.1, -0.05) is 12.1 Å². The molecular formula is C13H18N2O2. The Kier molecular flexibility index (Phi) is 3.17. The molecule has 0 amide bonds. The van der Waals surface area contributed by atoms with Crippen molar-refractivity contribution in [3.05, 3.63) is 30.1 Å². The molecule has 1 atom stereocenters. The Balaban J connectivity index is 2.33. The number of imidazole rings is 1. The molecule has 0 aliphatic heterocycles. The molecule has 92 valence electrons. The van der Waals surface area contributed by atoms with Crippen LogP contribution in [0.2, 0.25) is 0 Å². The topological polar surface area (TPSA) is 47.3 Å². The Morgan fingerprint density at radius 3 is 2.76 bits per heavy atom. The molecule has 1 unspecified atom stereocenters. The molecule has 1 N–H and O–H groups in total. The molecule has 2 aromatic rings. The standard InChI is InChI=1S/C13H18N2O2/c1-13(16,9-17-3)8-12-14-10-6-4-5-7-11(10)15(12)2/h4-7,16H,8-9H2,1-3H3. The summed E-state index contributed by atoms with van der Waals surface area (Å²) in [6.07, 6.45) is 0.478. The second-order valence-electron chi connectivity index (χ2n) is 4.68. The number of aliphatic hydroxyl groups is 1. The first-order valence-electron chi connectivity index (χ1n) is 5.65. The van der Waals surface area contributed by atoms with Crippen LogP contribution in [0.15, 0.2) is 24.3 Å². The van der Waals surface area contributed by atoms with E-state index < -0.39 is 5.60 Å². The highest BCUT2D eigenvalue weighted by molar-refractivity contribution is 5.75. The van der Waals surface area contributed by atoms with Gasteiger partial charge >= 0.3 is 0 Å². The Labute approximate surface area is 101 Å². The van der Waals surface area contributed by atoms with E-state index in [2.05, 4.69) is 4.98 Å². The van der Waals surface area contributed by atoms with E-state index in [9.17, 15) is 5.11 Å². The number of methoxy groups -OCH3 is 1. The van der Waals surface area contributed by atoms with Crippen molar-refractivity contribution in [1.29, 1.82) is 0 Å². The van der Waals surface area contributed by atoms with E-state index in [1.54, 1.807) is 14.0 Å². The maximum Gasteiger partial charge on any atom is 0.112 e. The van der Waals surface area contributed by atoms with Crippen LogP contribution in [0.1, 0.15) is 12.7 Å². The van der Waals surface area contributed by atoms with Crippen LogP contribution in [0.4, 0.5) is 0 Å². The van der Waals surface area contributed by atoms with Crippen LogP contribution in [-0.2, 0) is 18.2 Å². The van der Waals surface area contributed by atoms with Crippen molar-refractivity contribution in [2.45, 2.75) is 18.9 Å². The maximum absolute atomic E-state index is 10.1. The van der Waals surface area contributed by atoms with Crippen molar-refractivity contribution in [3.63, 3.8) is 0 Å². The summed E-state index contributed by atoms with van der Waals surface area (Å²) in [6.45, 7) is 2.06. The van der Waals surface area contributed by atoms with Gasteiger partial charge in [0.25, 0.3) is 0 Å². The molecule has 0 aliphatic carbocycles. The maximum atomic E-state index is 10.1. The number of ether oxygens (including phenoxy) is 1. The number of benzene rings is 1. The lowest BCUT2D eigenvalue weighted by molar-refractivity contribution is -0.0177. The van der Waals surface area contributed by atoms with E-state index in [-0.39, 0.29) is 0 Å². The minimum Gasteiger partial charge on any atom is -0.387 e. The van der Waals surface area contributed by atoms with E-state index in [4.69, 9.17) is 4.74 Å². The molecule has 0 saturated carbocycles. The molecule has 0 radical (unpaired) electrons. The highest BCUT2D eigenvalue weighted by Crippen LogP contribution is 2.18. The van der Waals surface area contributed by atoms with Crippen molar-refractivity contribution in [3.8, 4) is 0 Å². The lowest BCUT2D eigenvalue weighted by Gasteiger charge is -2.21. The lowest BCUT2D eigenvalue weighted by Crippen LogP contribution is -2.33. The van der Waals surface area contributed by atoms with Crippen LogP contribution in [0, 0.1) is 0 Å².